The van der Waals surface area contributed by atoms with Crippen LogP contribution in [0, 0.1) is 0 Å². The molecule has 0 aromatic rings. The van der Waals surface area contributed by atoms with Crippen LogP contribution in [-0.2, 0) is 9.13 Å². The van der Waals surface area contributed by atoms with Gasteiger partial charge in [-0.2, -0.15) is 0 Å². The van der Waals surface area contributed by atoms with Crippen LogP contribution in [0.5, 0.6) is 0 Å². The highest BCUT2D eigenvalue weighted by Crippen LogP contribution is 2.35. The first-order chi connectivity index (χ1) is 8.54. The molecule has 0 radical (unpaired) electrons. The molecule has 0 aliphatic carbocycles. The number of allylic oxidation sites excluding steroid dienone is 4. The molecule has 0 amide bonds. The van der Waals surface area contributed by atoms with E-state index in [-0.39, 0.29) is 6.16 Å². The zero-order valence-corrected chi connectivity index (χ0v) is 13.4. The smallest absolute Gasteiger partial charge is 0.325 e. The Morgan fingerprint density at radius 1 is 1.11 bits per heavy atom. The third-order valence-corrected chi connectivity index (χ3v) is 2.85. The molecule has 0 fully saturated rings. The van der Waals surface area contributed by atoms with Crippen LogP contribution in [0.4, 0.5) is 0 Å². The molecule has 0 aromatic carbocycles. The fourth-order valence-electron chi connectivity index (χ4n) is 1.17. The Morgan fingerprint density at radius 3 is 1.95 bits per heavy atom. The molecule has 0 saturated carbocycles. The van der Waals surface area contributed by atoms with Crippen molar-refractivity contribution in [1.82, 2.24) is 0 Å². The van der Waals surface area contributed by atoms with Crippen molar-refractivity contribution in [2.75, 3.05) is 6.16 Å². The quantitative estimate of drug-likeness (QED) is 0.442. The minimum Gasteiger partial charge on any atom is -0.326 e. The van der Waals surface area contributed by atoms with E-state index in [4.69, 9.17) is 24.1 Å². The second-order valence-electron chi connectivity index (χ2n) is 4.33. The Bertz CT molecular complexity index is 361. The molecule has 0 spiro atoms. The molecule has 4 N–H and O–H groups in total. The monoisotopic (exact) mass is 314 g/mol. The standard InChI is InChI=1S/C11H21O3P.H3O3P/c1-10(2)6-4-7-11(3)8-5-9-15(12,13)14;1-4(2)3/h6,8H,4-5,7,9H2,1-3H3,(H2,12,13,14);4H,(H2,1,2,3)/b11-8+;. The summed E-state index contributed by atoms with van der Waals surface area (Å²) in [4.78, 5) is 31.6. The summed E-state index contributed by atoms with van der Waals surface area (Å²) in [6, 6.07) is 0. The Kier molecular flexibility index (Phi) is 12.9. The Labute approximate surface area is 115 Å². The number of rotatable bonds is 6. The van der Waals surface area contributed by atoms with E-state index in [1.165, 1.54) is 11.1 Å². The van der Waals surface area contributed by atoms with Gasteiger partial charge in [0.1, 0.15) is 0 Å². The van der Waals surface area contributed by atoms with E-state index >= 15 is 0 Å². The maximum atomic E-state index is 10.6. The molecule has 0 aromatic heterocycles. The first-order valence-corrected chi connectivity index (χ1v) is 8.90. The first kappa shape index (κ1) is 21.1. The van der Waals surface area contributed by atoms with E-state index in [0.717, 1.165) is 12.8 Å². The average Bonchev–Trinajstić information content (AvgIpc) is 2.13. The van der Waals surface area contributed by atoms with Gasteiger partial charge in [-0.25, -0.2) is 0 Å². The Hall–Kier alpha value is -0.220. The molecule has 114 valence electrons. The molecule has 0 bridgehead atoms. The molecule has 0 atom stereocenters. The lowest BCUT2D eigenvalue weighted by Crippen LogP contribution is -1.86. The predicted octanol–water partition coefficient (Wildman–Crippen LogP) is 2.61. The molecule has 0 aliphatic rings. The van der Waals surface area contributed by atoms with Crippen LogP contribution >= 0.6 is 15.9 Å². The lowest BCUT2D eigenvalue weighted by molar-refractivity contribution is 0.373. The Morgan fingerprint density at radius 2 is 1.58 bits per heavy atom. The van der Waals surface area contributed by atoms with Crippen molar-refractivity contribution in [3.05, 3.63) is 23.3 Å². The zero-order chi connectivity index (χ0) is 15.5. The van der Waals surface area contributed by atoms with Gasteiger partial charge in [-0.3, -0.25) is 9.13 Å². The van der Waals surface area contributed by atoms with Gasteiger partial charge in [0.25, 0.3) is 0 Å². The minimum absolute atomic E-state index is 0.0486. The summed E-state index contributed by atoms with van der Waals surface area (Å²) in [5, 5.41) is 0. The van der Waals surface area contributed by atoms with Crippen molar-refractivity contribution in [3.63, 3.8) is 0 Å². The van der Waals surface area contributed by atoms with Gasteiger partial charge in [-0.15, -0.1) is 0 Å². The van der Waals surface area contributed by atoms with Crippen molar-refractivity contribution >= 4 is 15.9 Å². The van der Waals surface area contributed by atoms with E-state index in [2.05, 4.69) is 19.9 Å². The highest BCUT2D eigenvalue weighted by atomic mass is 31.2. The van der Waals surface area contributed by atoms with E-state index in [9.17, 15) is 4.57 Å². The van der Waals surface area contributed by atoms with Gasteiger partial charge < -0.3 is 19.6 Å². The highest BCUT2D eigenvalue weighted by molar-refractivity contribution is 7.51. The third-order valence-electron chi connectivity index (χ3n) is 2.00. The van der Waals surface area contributed by atoms with Gasteiger partial charge in [0.15, 0.2) is 0 Å². The van der Waals surface area contributed by atoms with Crippen LogP contribution in [-0.4, -0.2) is 25.7 Å². The van der Waals surface area contributed by atoms with Gasteiger partial charge in [-0.1, -0.05) is 23.3 Å². The van der Waals surface area contributed by atoms with Gasteiger partial charge >= 0.3 is 15.9 Å². The second kappa shape index (κ2) is 11.6. The van der Waals surface area contributed by atoms with Crippen LogP contribution in [0.3, 0.4) is 0 Å². The molecule has 8 heteroatoms. The molecule has 0 unspecified atom stereocenters. The molecular formula is C11H24O6P2. The van der Waals surface area contributed by atoms with Crippen molar-refractivity contribution in [2.45, 2.75) is 40.0 Å². The summed E-state index contributed by atoms with van der Waals surface area (Å²) in [5.74, 6) is 0. The van der Waals surface area contributed by atoms with Crippen LogP contribution in [0.15, 0.2) is 23.3 Å². The summed E-state index contributed by atoms with van der Waals surface area (Å²) >= 11 is 0. The maximum Gasteiger partial charge on any atom is 0.325 e. The maximum absolute atomic E-state index is 10.6. The van der Waals surface area contributed by atoms with Gasteiger partial charge in [0.05, 0.1) is 6.16 Å². The van der Waals surface area contributed by atoms with Gasteiger partial charge in [0, 0.05) is 0 Å². The zero-order valence-electron chi connectivity index (χ0n) is 11.5. The lowest BCUT2D eigenvalue weighted by Gasteiger charge is -2.01. The largest absolute Gasteiger partial charge is 0.326 e. The Balaban J connectivity index is 0. The number of hydrogen-bond acceptors (Lipinski definition) is 2. The van der Waals surface area contributed by atoms with E-state index in [1.54, 1.807) is 0 Å². The molecule has 0 heterocycles. The molecule has 0 aliphatic heterocycles. The van der Waals surface area contributed by atoms with Crippen LogP contribution in [0.25, 0.3) is 0 Å². The van der Waals surface area contributed by atoms with Gasteiger partial charge in [-0.05, 0) is 40.0 Å². The van der Waals surface area contributed by atoms with Crippen molar-refractivity contribution < 1.29 is 28.7 Å². The third kappa shape index (κ3) is 27.1. The first-order valence-electron chi connectivity index (χ1n) is 5.80. The molecular weight excluding hydrogens is 290 g/mol. The molecule has 0 saturated heterocycles. The van der Waals surface area contributed by atoms with Crippen molar-refractivity contribution in [3.8, 4) is 0 Å². The van der Waals surface area contributed by atoms with E-state index in [1.807, 2.05) is 13.0 Å². The predicted molar refractivity (Wildman–Crippen MR) is 77.4 cm³/mol. The normalized spacial score (nSPS) is 11.9. The van der Waals surface area contributed by atoms with E-state index in [0.29, 0.717) is 6.42 Å². The van der Waals surface area contributed by atoms with Gasteiger partial charge in [0.2, 0.25) is 0 Å². The summed E-state index contributed by atoms with van der Waals surface area (Å²) in [7, 11) is -6.95. The average molecular weight is 314 g/mol. The highest BCUT2D eigenvalue weighted by Gasteiger charge is 2.10. The fourth-order valence-corrected chi connectivity index (χ4v) is 1.64. The summed E-state index contributed by atoms with van der Waals surface area (Å²) in [6.45, 7) is 6.12. The van der Waals surface area contributed by atoms with Crippen LogP contribution in [0.1, 0.15) is 40.0 Å². The van der Waals surface area contributed by atoms with Crippen LogP contribution in [0.2, 0.25) is 0 Å². The molecule has 19 heavy (non-hydrogen) atoms. The SMILES string of the molecule is CC(C)=CCC/C(C)=C/CCP(=O)(O)O.O=[PH](O)O. The minimum atomic E-state index is -3.82. The molecule has 0 rings (SSSR count). The van der Waals surface area contributed by atoms with Crippen molar-refractivity contribution in [2.24, 2.45) is 0 Å². The fraction of sp³-hybridized carbons (Fsp3) is 0.636. The lowest BCUT2D eigenvalue weighted by atomic mass is 10.1. The summed E-state index contributed by atoms with van der Waals surface area (Å²) in [6.07, 6.45) is 6.46. The van der Waals surface area contributed by atoms with Crippen LogP contribution < -0.4 is 0 Å². The van der Waals surface area contributed by atoms with E-state index < -0.39 is 15.9 Å². The number of hydrogen-bond donors (Lipinski definition) is 4. The second-order valence-corrected chi connectivity index (χ2v) is 6.67. The summed E-state index contributed by atoms with van der Waals surface area (Å²) in [5.41, 5.74) is 2.50. The topological polar surface area (TPSA) is 115 Å². The molecule has 6 nitrogen and oxygen atoms in total. The summed E-state index contributed by atoms with van der Waals surface area (Å²) < 4.78 is 19.3. The van der Waals surface area contributed by atoms with Crippen molar-refractivity contribution in [1.29, 1.82) is 0 Å².